The van der Waals surface area contributed by atoms with Crippen molar-refractivity contribution in [3.63, 3.8) is 0 Å². The molecule has 0 spiro atoms. The van der Waals surface area contributed by atoms with Crippen LogP contribution < -0.4 is 10.5 Å². The fraction of sp³-hybridized carbons (Fsp3) is 0.364. The number of carbonyl (C=O) groups is 1. The van der Waals surface area contributed by atoms with Gasteiger partial charge in [0.25, 0.3) is 0 Å². The molecule has 1 aromatic rings. The standard InChI is InChI=1S/C11H16N2O4S/c12-18(15,16)8-4-7-13-11(14)17-9-10-5-2-1-3-6-10/h1-3,5-6H,4,7-9H2,(H,13,14)(H2,12,15,16). The summed E-state index contributed by atoms with van der Waals surface area (Å²) < 4.78 is 26.2. The summed E-state index contributed by atoms with van der Waals surface area (Å²) in [6.45, 7) is 0.395. The maximum absolute atomic E-state index is 11.2. The Balaban J connectivity index is 2.15. The second-order valence-electron chi connectivity index (χ2n) is 3.71. The molecule has 0 bridgehead atoms. The van der Waals surface area contributed by atoms with Gasteiger partial charge in [0.05, 0.1) is 5.75 Å². The first-order valence-corrected chi connectivity index (χ1v) is 7.14. The number of hydrogen-bond donors (Lipinski definition) is 2. The van der Waals surface area contributed by atoms with Crippen LogP contribution in [0.5, 0.6) is 0 Å². The third-order valence-corrected chi connectivity index (χ3v) is 2.95. The molecule has 0 fully saturated rings. The highest BCUT2D eigenvalue weighted by molar-refractivity contribution is 7.89. The minimum atomic E-state index is -3.47. The third-order valence-electron chi connectivity index (χ3n) is 2.09. The van der Waals surface area contributed by atoms with E-state index in [4.69, 9.17) is 9.88 Å². The average Bonchev–Trinajstić information content (AvgIpc) is 2.32. The van der Waals surface area contributed by atoms with E-state index in [-0.39, 0.29) is 25.3 Å². The molecular weight excluding hydrogens is 256 g/mol. The Bertz CT molecular complexity index is 473. The Morgan fingerprint density at radius 2 is 1.94 bits per heavy atom. The summed E-state index contributed by atoms with van der Waals surface area (Å²) in [6.07, 6.45) is -0.313. The molecule has 0 atom stereocenters. The number of primary sulfonamides is 1. The minimum absolute atomic E-state index is 0.161. The van der Waals surface area contributed by atoms with Gasteiger partial charge in [0.2, 0.25) is 10.0 Å². The Morgan fingerprint density at radius 3 is 2.56 bits per heavy atom. The molecular formula is C11H16N2O4S. The molecule has 7 heteroatoms. The van der Waals surface area contributed by atoms with E-state index < -0.39 is 16.1 Å². The van der Waals surface area contributed by atoms with E-state index >= 15 is 0 Å². The molecule has 1 rings (SSSR count). The first kappa shape index (κ1) is 14.5. The molecule has 1 aromatic carbocycles. The smallest absolute Gasteiger partial charge is 0.407 e. The molecule has 1 amide bonds. The lowest BCUT2D eigenvalue weighted by Crippen LogP contribution is -2.27. The summed E-state index contributed by atoms with van der Waals surface area (Å²) in [5.74, 6) is -0.161. The lowest BCUT2D eigenvalue weighted by Gasteiger charge is -2.06. The molecule has 0 unspecified atom stereocenters. The lowest BCUT2D eigenvalue weighted by atomic mass is 10.2. The highest BCUT2D eigenvalue weighted by atomic mass is 32.2. The van der Waals surface area contributed by atoms with Crippen molar-refractivity contribution in [2.45, 2.75) is 13.0 Å². The van der Waals surface area contributed by atoms with E-state index in [0.29, 0.717) is 0 Å². The number of hydrogen-bond acceptors (Lipinski definition) is 4. The van der Waals surface area contributed by atoms with Gasteiger partial charge in [-0.05, 0) is 12.0 Å². The van der Waals surface area contributed by atoms with Crippen LogP contribution in [-0.4, -0.2) is 26.8 Å². The number of benzene rings is 1. The van der Waals surface area contributed by atoms with Crippen LogP contribution in [0.4, 0.5) is 4.79 Å². The van der Waals surface area contributed by atoms with Gasteiger partial charge in [-0.2, -0.15) is 0 Å². The second-order valence-corrected chi connectivity index (χ2v) is 5.44. The zero-order valence-electron chi connectivity index (χ0n) is 9.83. The van der Waals surface area contributed by atoms with Crippen LogP contribution in [0.25, 0.3) is 0 Å². The van der Waals surface area contributed by atoms with Gasteiger partial charge in [-0.3, -0.25) is 0 Å². The summed E-state index contributed by atoms with van der Waals surface area (Å²) in [6, 6.07) is 9.25. The predicted molar refractivity (Wildman–Crippen MR) is 67.2 cm³/mol. The van der Waals surface area contributed by atoms with Gasteiger partial charge >= 0.3 is 6.09 Å². The summed E-state index contributed by atoms with van der Waals surface area (Å²) in [5, 5.41) is 7.26. The zero-order chi connectivity index (χ0) is 13.4. The molecule has 6 nitrogen and oxygen atoms in total. The quantitative estimate of drug-likeness (QED) is 0.740. The van der Waals surface area contributed by atoms with Gasteiger partial charge in [-0.25, -0.2) is 18.4 Å². The van der Waals surface area contributed by atoms with Gasteiger partial charge in [0, 0.05) is 6.54 Å². The van der Waals surface area contributed by atoms with E-state index in [1.165, 1.54) is 0 Å². The van der Waals surface area contributed by atoms with Crippen LogP contribution >= 0.6 is 0 Å². The number of amides is 1. The van der Waals surface area contributed by atoms with Crippen LogP contribution in [0, 0.1) is 0 Å². The van der Waals surface area contributed by atoms with Crippen LogP contribution in [0.15, 0.2) is 30.3 Å². The van der Waals surface area contributed by atoms with Crippen molar-refractivity contribution in [2.75, 3.05) is 12.3 Å². The highest BCUT2D eigenvalue weighted by Crippen LogP contribution is 2.00. The van der Waals surface area contributed by atoms with E-state index in [9.17, 15) is 13.2 Å². The maximum Gasteiger partial charge on any atom is 0.407 e. The largest absolute Gasteiger partial charge is 0.445 e. The highest BCUT2D eigenvalue weighted by Gasteiger charge is 2.04. The fourth-order valence-electron chi connectivity index (χ4n) is 1.24. The number of carbonyl (C=O) groups excluding carboxylic acids is 1. The van der Waals surface area contributed by atoms with E-state index in [1.807, 2.05) is 30.3 Å². The monoisotopic (exact) mass is 272 g/mol. The van der Waals surface area contributed by atoms with E-state index in [1.54, 1.807) is 0 Å². The molecule has 0 heterocycles. The molecule has 0 saturated carbocycles. The second kappa shape index (κ2) is 6.97. The maximum atomic E-state index is 11.2. The van der Waals surface area contributed by atoms with Crippen molar-refractivity contribution in [1.29, 1.82) is 0 Å². The number of nitrogens with one attached hydrogen (secondary N) is 1. The molecule has 0 saturated heterocycles. The topological polar surface area (TPSA) is 98.5 Å². The summed E-state index contributed by atoms with van der Waals surface area (Å²) in [5.41, 5.74) is 0.886. The molecule has 0 aliphatic carbocycles. The van der Waals surface area contributed by atoms with Gasteiger partial charge in [-0.15, -0.1) is 0 Å². The Hall–Kier alpha value is -1.60. The fourth-order valence-corrected chi connectivity index (χ4v) is 1.78. The molecule has 0 radical (unpaired) electrons. The number of rotatable bonds is 6. The first-order valence-electron chi connectivity index (χ1n) is 5.42. The summed E-state index contributed by atoms with van der Waals surface area (Å²) in [7, 11) is -3.47. The van der Waals surface area contributed by atoms with Crippen LogP contribution in [0.3, 0.4) is 0 Å². The van der Waals surface area contributed by atoms with E-state index in [2.05, 4.69) is 5.32 Å². The molecule has 100 valence electrons. The number of ether oxygens (including phenoxy) is 1. The summed E-state index contributed by atoms with van der Waals surface area (Å²) >= 11 is 0. The minimum Gasteiger partial charge on any atom is -0.445 e. The predicted octanol–water partition coefficient (Wildman–Crippen LogP) is 0.591. The average molecular weight is 272 g/mol. The van der Waals surface area contributed by atoms with Crippen molar-refractivity contribution in [2.24, 2.45) is 5.14 Å². The van der Waals surface area contributed by atoms with Crippen molar-refractivity contribution in [3.05, 3.63) is 35.9 Å². The Labute approximate surface area is 106 Å². The SMILES string of the molecule is NS(=O)(=O)CCCNC(=O)OCc1ccccc1. The van der Waals surface area contributed by atoms with Gasteiger partial charge in [0.15, 0.2) is 0 Å². The lowest BCUT2D eigenvalue weighted by molar-refractivity contribution is 0.139. The Morgan fingerprint density at radius 1 is 1.28 bits per heavy atom. The summed E-state index contributed by atoms with van der Waals surface area (Å²) in [4.78, 5) is 11.2. The van der Waals surface area contributed by atoms with Crippen LogP contribution in [-0.2, 0) is 21.4 Å². The number of nitrogens with two attached hydrogens (primary N) is 1. The first-order chi connectivity index (χ1) is 8.47. The van der Waals surface area contributed by atoms with Crippen molar-refractivity contribution in [1.82, 2.24) is 5.32 Å². The zero-order valence-corrected chi connectivity index (χ0v) is 10.7. The Kier molecular flexibility index (Phi) is 5.60. The van der Waals surface area contributed by atoms with Gasteiger partial charge in [-0.1, -0.05) is 30.3 Å². The van der Waals surface area contributed by atoms with Gasteiger partial charge in [0.1, 0.15) is 6.61 Å². The molecule has 18 heavy (non-hydrogen) atoms. The van der Waals surface area contributed by atoms with Crippen LogP contribution in [0.2, 0.25) is 0 Å². The van der Waals surface area contributed by atoms with E-state index in [0.717, 1.165) is 5.56 Å². The number of sulfonamides is 1. The molecule has 3 N–H and O–H groups in total. The normalized spacial score (nSPS) is 10.9. The molecule has 0 aliphatic rings. The van der Waals surface area contributed by atoms with Crippen LogP contribution in [0.1, 0.15) is 12.0 Å². The number of alkyl carbamates (subject to hydrolysis) is 1. The van der Waals surface area contributed by atoms with Crippen molar-refractivity contribution < 1.29 is 17.9 Å². The third kappa shape index (κ3) is 6.87. The van der Waals surface area contributed by atoms with Gasteiger partial charge < -0.3 is 10.1 Å². The molecule has 0 aromatic heterocycles. The molecule has 0 aliphatic heterocycles. The van der Waals surface area contributed by atoms with Crippen molar-refractivity contribution in [3.8, 4) is 0 Å². The van der Waals surface area contributed by atoms with Crippen molar-refractivity contribution >= 4 is 16.1 Å².